The van der Waals surface area contributed by atoms with Crippen LogP contribution in [0.5, 0.6) is 0 Å². The largest absolute Gasteiger partial charge is 0.364 e. The molecule has 0 bridgehead atoms. The van der Waals surface area contributed by atoms with Gasteiger partial charge >= 0.3 is 0 Å². The Hall–Kier alpha value is -1.65. The van der Waals surface area contributed by atoms with E-state index in [4.69, 9.17) is 0 Å². The van der Waals surface area contributed by atoms with Crippen molar-refractivity contribution in [2.24, 2.45) is 0 Å². The van der Waals surface area contributed by atoms with Gasteiger partial charge in [-0.05, 0) is 26.2 Å². The fourth-order valence-corrected chi connectivity index (χ4v) is 1.79. The maximum atomic E-state index is 4.31. The summed E-state index contributed by atoms with van der Waals surface area (Å²) >= 11 is 0. The zero-order valence-electron chi connectivity index (χ0n) is 8.64. The van der Waals surface area contributed by atoms with Crippen molar-refractivity contribution in [1.82, 2.24) is 19.6 Å². The summed E-state index contributed by atoms with van der Waals surface area (Å²) in [5, 5.41) is 11.6. The molecule has 1 aliphatic carbocycles. The van der Waals surface area contributed by atoms with Crippen LogP contribution in [0.4, 0.5) is 5.82 Å². The van der Waals surface area contributed by atoms with Gasteiger partial charge in [0.05, 0.1) is 0 Å². The SMILES string of the molecule is Cc1nnc2c(NC3CCC3)nccn12. The van der Waals surface area contributed by atoms with Gasteiger partial charge in [-0.15, -0.1) is 10.2 Å². The van der Waals surface area contributed by atoms with Crippen LogP contribution in [0, 0.1) is 6.92 Å². The molecule has 78 valence electrons. The van der Waals surface area contributed by atoms with Gasteiger partial charge in [0.15, 0.2) is 5.82 Å². The molecule has 2 aromatic rings. The molecule has 2 heterocycles. The molecular formula is C10H13N5. The molecule has 0 saturated heterocycles. The second-order valence-corrected chi connectivity index (χ2v) is 3.99. The van der Waals surface area contributed by atoms with Crippen LogP contribution in [0.25, 0.3) is 5.65 Å². The van der Waals surface area contributed by atoms with E-state index in [-0.39, 0.29) is 0 Å². The van der Waals surface area contributed by atoms with Gasteiger partial charge in [0.2, 0.25) is 5.65 Å². The summed E-state index contributed by atoms with van der Waals surface area (Å²) in [6.45, 7) is 1.94. The fraction of sp³-hybridized carbons (Fsp3) is 0.500. The lowest BCUT2D eigenvalue weighted by Crippen LogP contribution is -2.27. The Bertz CT molecular complexity index is 486. The first kappa shape index (κ1) is 8.64. The Labute approximate surface area is 87.5 Å². The lowest BCUT2D eigenvalue weighted by atomic mass is 9.93. The predicted molar refractivity (Wildman–Crippen MR) is 56.8 cm³/mol. The first-order chi connectivity index (χ1) is 7.34. The molecule has 1 fully saturated rings. The van der Waals surface area contributed by atoms with Gasteiger partial charge in [0.1, 0.15) is 5.82 Å². The minimum Gasteiger partial charge on any atom is -0.364 e. The number of fused-ring (bicyclic) bond motifs is 1. The molecule has 0 unspecified atom stereocenters. The summed E-state index contributed by atoms with van der Waals surface area (Å²) in [4.78, 5) is 4.31. The molecule has 5 heteroatoms. The highest BCUT2D eigenvalue weighted by molar-refractivity contribution is 5.62. The second kappa shape index (κ2) is 3.18. The Kier molecular flexibility index (Phi) is 1.83. The van der Waals surface area contributed by atoms with E-state index < -0.39 is 0 Å². The summed E-state index contributed by atoms with van der Waals surface area (Å²) in [7, 11) is 0. The maximum absolute atomic E-state index is 4.31. The van der Waals surface area contributed by atoms with Crippen molar-refractivity contribution >= 4 is 11.5 Å². The fourth-order valence-electron chi connectivity index (χ4n) is 1.79. The quantitative estimate of drug-likeness (QED) is 0.801. The van der Waals surface area contributed by atoms with Crippen LogP contribution >= 0.6 is 0 Å². The first-order valence-corrected chi connectivity index (χ1v) is 5.27. The third-order valence-corrected chi connectivity index (χ3v) is 2.94. The number of rotatable bonds is 2. The third kappa shape index (κ3) is 1.35. The van der Waals surface area contributed by atoms with Crippen LogP contribution in [0.2, 0.25) is 0 Å². The van der Waals surface area contributed by atoms with Crippen molar-refractivity contribution in [3.63, 3.8) is 0 Å². The minimum absolute atomic E-state index is 0.570. The molecule has 1 aliphatic rings. The topological polar surface area (TPSA) is 55.1 Å². The highest BCUT2D eigenvalue weighted by Crippen LogP contribution is 2.23. The van der Waals surface area contributed by atoms with Crippen LogP contribution in [0.3, 0.4) is 0 Å². The monoisotopic (exact) mass is 203 g/mol. The number of nitrogens with one attached hydrogen (secondary N) is 1. The standard InChI is InChI=1S/C10H13N5/c1-7-13-14-10-9(11-5-6-15(7)10)12-8-3-2-4-8/h5-6,8H,2-4H2,1H3,(H,11,12). The molecule has 0 radical (unpaired) electrons. The molecule has 0 aromatic carbocycles. The summed E-state index contributed by atoms with van der Waals surface area (Å²) < 4.78 is 1.95. The molecule has 2 aromatic heterocycles. The number of hydrogen-bond acceptors (Lipinski definition) is 4. The summed E-state index contributed by atoms with van der Waals surface area (Å²) in [5.74, 6) is 1.74. The smallest absolute Gasteiger partial charge is 0.203 e. The van der Waals surface area contributed by atoms with E-state index in [9.17, 15) is 0 Å². The number of anilines is 1. The molecule has 5 nitrogen and oxygen atoms in total. The van der Waals surface area contributed by atoms with E-state index in [1.165, 1.54) is 19.3 Å². The second-order valence-electron chi connectivity index (χ2n) is 3.99. The van der Waals surface area contributed by atoms with Gasteiger partial charge in [-0.1, -0.05) is 0 Å². The Morgan fingerprint density at radius 1 is 1.40 bits per heavy atom. The average molecular weight is 203 g/mol. The predicted octanol–water partition coefficient (Wildman–Crippen LogP) is 1.40. The number of nitrogens with zero attached hydrogens (tertiary/aromatic N) is 4. The zero-order chi connectivity index (χ0) is 10.3. The van der Waals surface area contributed by atoms with E-state index in [1.54, 1.807) is 6.20 Å². The Morgan fingerprint density at radius 2 is 2.27 bits per heavy atom. The molecule has 15 heavy (non-hydrogen) atoms. The first-order valence-electron chi connectivity index (χ1n) is 5.27. The Morgan fingerprint density at radius 3 is 3.00 bits per heavy atom. The van der Waals surface area contributed by atoms with Gasteiger partial charge in [0, 0.05) is 18.4 Å². The normalized spacial score (nSPS) is 16.6. The summed E-state index contributed by atoms with van der Waals surface area (Å²) in [6, 6.07) is 0.570. The zero-order valence-corrected chi connectivity index (χ0v) is 8.64. The van der Waals surface area contributed by atoms with Crippen LogP contribution < -0.4 is 5.32 Å². The van der Waals surface area contributed by atoms with E-state index in [0.29, 0.717) is 6.04 Å². The summed E-state index contributed by atoms with van der Waals surface area (Å²) in [5.41, 5.74) is 0.821. The lowest BCUT2D eigenvalue weighted by Gasteiger charge is -2.26. The molecule has 0 atom stereocenters. The van der Waals surface area contributed by atoms with Crippen LogP contribution in [-0.2, 0) is 0 Å². The average Bonchev–Trinajstić information content (AvgIpc) is 2.55. The Balaban J connectivity index is 2.01. The van der Waals surface area contributed by atoms with Crippen molar-refractivity contribution in [3.05, 3.63) is 18.2 Å². The number of aryl methyl sites for hydroxylation is 1. The van der Waals surface area contributed by atoms with Crippen molar-refractivity contribution in [2.45, 2.75) is 32.2 Å². The molecule has 1 N–H and O–H groups in total. The summed E-state index contributed by atoms with van der Waals surface area (Å²) in [6.07, 6.45) is 7.44. The van der Waals surface area contributed by atoms with Crippen LogP contribution in [0.1, 0.15) is 25.1 Å². The van der Waals surface area contributed by atoms with E-state index in [1.807, 2.05) is 17.5 Å². The van der Waals surface area contributed by atoms with Crippen LogP contribution in [0.15, 0.2) is 12.4 Å². The van der Waals surface area contributed by atoms with Crippen molar-refractivity contribution in [1.29, 1.82) is 0 Å². The van der Waals surface area contributed by atoms with Crippen molar-refractivity contribution in [3.8, 4) is 0 Å². The van der Waals surface area contributed by atoms with E-state index in [0.717, 1.165) is 17.3 Å². The molecule has 3 rings (SSSR count). The van der Waals surface area contributed by atoms with Crippen molar-refractivity contribution in [2.75, 3.05) is 5.32 Å². The number of aromatic nitrogens is 4. The van der Waals surface area contributed by atoms with E-state index in [2.05, 4.69) is 20.5 Å². The lowest BCUT2D eigenvalue weighted by molar-refractivity contribution is 0.444. The highest BCUT2D eigenvalue weighted by atomic mass is 15.3. The molecular weight excluding hydrogens is 190 g/mol. The van der Waals surface area contributed by atoms with Crippen LogP contribution in [-0.4, -0.2) is 25.6 Å². The van der Waals surface area contributed by atoms with Gasteiger partial charge in [0.25, 0.3) is 0 Å². The van der Waals surface area contributed by atoms with Gasteiger partial charge < -0.3 is 5.32 Å². The van der Waals surface area contributed by atoms with Gasteiger partial charge in [-0.2, -0.15) is 0 Å². The van der Waals surface area contributed by atoms with Crippen molar-refractivity contribution < 1.29 is 0 Å². The minimum atomic E-state index is 0.570. The molecule has 0 aliphatic heterocycles. The molecule has 0 spiro atoms. The number of hydrogen-bond donors (Lipinski definition) is 1. The highest BCUT2D eigenvalue weighted by Gasteiger charge is 2.19. The maximum Gasteiger partial charge on any atom is 0.203 e. The van der Waals surface area contributed by atoms with Gasteiger partial charge in [-0.25, -0.2) is 4.98 Å². The van der Waals surface area contributed by atoms with E-state index >= 15 is 0 Å². The molecule has 1 saturated carbocycles. The molecule has 0 amide bonds. The van der Waals surface area contributed by atoms with Gasteiger partial charge in [-0.3, -0.25) is 4.40 Å². The third-order valence-electron chi connectivity index (χ3n) is 2.94.